The largest absolute Gasteiger partial charge is 0.397 e. The average molecular weight is 300 g/mol. The minimum Gasteiger partial charge on any atom is -0.397 e. The highest BCUT2D eigenvalue weighted by molar-refractivity contribution is 6.30. The Kier molecular flexibility index (Phi) is 3.27. The molecule has 3 rings (SSSR count). The zero-order chi connectivity index (χ0) is 15.0. The molecule has 1 aromatic carbocycles. The monoisotopic (exact) mass is 299 g/mol. The number of hydrogen-bond acceptors (Lipinski definition) is 4. The van der Waals surface area contributed by atoms with Crippen molar-refractivity contribution in [2.45, 2.75) is 0 Å². The van der Waals surface area contributed by atoms with Gasteiger partial charge in [0.05, 0.1) is 29.0 Å². The predicted molar refractivity (Wildman–Crippen MR) is 85.7 cm³/mol. The van der Waals surface area contributed by atoms with E-state index in [2.05, 4.69) is 10.1 Å². The molecule has 2 heterocycles. The maximum Gasteiger partial charge on any atom is 0.0991 e. The second-order valence-electron chi connectivity index (χ2n) is 4.77. The van der Waals surface area contributed by atoms with E-state index in [-0.39, 0.29) is 0 Å². The van der Waals surface area contributed by atoms with E-state index in [9.17, 15) is 0 Å². The Hall–Kier alpha value is -2.53. The lowest BCUT2D eigenvalue weighted by atomic mass is 10.1. The van der Waals surface area contributed by atoms with Crippen molar-refractivity contribution >= 4 is 23.0 Å². The molecule has 0 atom stereocenters. The molecular weight excluding hydrogens is 286 g/mol. The third kappa shape index (κ3) is 2.55. The van der Waals surface area contributed by atoms with Gasteiger partial charge in [0.15, 0.2) is 0 Å². The van der Waals surface area contributed by atoms with Crippen LogP contribution in [0.15, 0.2) is 42.7 Å². The summed E-state index contributed by atoms with van der Waals surface area (Å²) in [5.41, 5.74) is 16.2. The van der Waals surface area contributed by atoms with Crippen LogP contribution in [0.4, 0.5) is 11.4 Å². The van der Waals surface area contributed by atoms with E-state index in [1.807, 2.05) is 37.5 Å². The lowest BCUT2D eigenvalue weighted by Crippen LogP contribution is -2.01. The van der Waals surface area contributed by atoms with Gasteiger partial charge in [-0.05, 0) is 18.2 Å². The molecule has 0 aliphatic rings. The van der Waals surface area contributed by atoms with Crippen LogP contribution in [-0.2, 0) is 7.05 Å². The van der Waals surface area contributed by atoms with Crippen LogP contribution in [-0.4, -0.2) is 14.8 Å². The average Bonchev–Trinajstić information content (AvgIpc) is 2.89. The summed E-state index contributed by atoms with van der Waals surface area (Å²) in [6, 6.07) is 9.18. The molecule has 21 heavy (non-hydrogen) atoms. The van der Waals surface area contributed by atoms with Crippen LogP contribution in [0, 0.1) is 0 Å². The first-order valence-corrected chi connectivity index (χ1v) is 6.73. The smallest absolute Gasteiger partial charge is 0.0991 e. The van der Waals surface area contributed by atoms with Gasteiger partial charge in [0.1, 0.15) is 0 Å². The van der Waals surface area contributed by atoms with E-state index in [1.54, 1.807) is 16.9 Å². The fraction of sp³-hybridized carbons (Fsp3) is 0.0667. The van der Waals surface area contributed by atoms with E-state index in [0.717, 1.165) is 16.8 Å². The van der Waals surface area contributed by atoms with Crippen LogP contribution >= 0.6 is 11.6 Å². The quantitative estimate of drug-likeness (QED) is 0.762. The van der Waals surface area contributed by atoms with Crippen LogP contribution in [0.1, 0.15) is 0 Å². The first-order valence-electron chi connectivity index (χ1n) is 6.35. The van der Waals surface area contributed by atoms with Gasteiger partial charge in [-0.25, -0.2) is 4.98 Å². The van der Waals surface area contributed by atoms with Crippen LogP contribution in [0.2, 0.25) is 5.02 Å². The van der Waals surface area contributed by atoms with Gasteiger partial charge in [-0.15, -0.1) is 0 Å². The first kappa shape index (κ1) is 13.5. The van der Waals surface area contributed by atoms with Crippen molar-refractivity contribution in [3.63, 3.8) is 0 Å². The van der Waals surface area contributed by atoms with Gasteiger partial charge < -0.3 is 11.5 Å². The SMILES string of the molecule is Cn1cc(-c2nc(-c3ccc(Cl)cc3)cc(N)c2N)cn1. The Morgan fingerprint density at radius 2 is 1.81 bits per heavy atom. The van der Waals surface area contributed by atoms with Crippen molar-refractivity contribution in [3.8, 4) is 22.5 Å². The molecule has 0 unspecified atom stereocenters. The number of nitrogens with zero attached hydrogens (tertiary/aromatic N) is 3. The number of pyridine rings is 1. The van der Waals surface area contributed by atoms with E-state index in [4.69, 9.17) is 23.1 Å². The van der Waals surface area contributed by atoms with Crippen molar-refractivity contribution in [1.82, 2.24) is 14.8 Å². The Morgan fingerprint density at radius 1 is 1.10 bits per heavy atom. The molecule has 106 valence electrons. The number of nitrogens with two attached hydrogens (primary N) is 2. The summed E-state index contributed by atoms with van der Waals surface area (Å²) >= 11 is 5.91. The van der Waals surface area contributed by atoms with Gasteiger partial charge in [0.2, 0.25) is 0 Å². The Bertz CT molecular complexity index is 792. The number of hydrogen-bond donors (Lipinski definition) is 2. The third-order valence-electron chi connectivity index (χ3n) is 3.21. The highest BCUT2D eigenvalue weighted by Crippen LogP contribution is 2.32. The van der Waals surface area contributed by atoms with E-state index >= 15 is 0 Å². The molecule has 6 heteroatoms. The van der Waals surface area contributed by atoms with Crippen molar-refractivity contribution in [3.05, 3.63) is 47.7 Å². The van der Waals surface area contributed by atoms with Gasteiger partial charge in [0, 0.05) is 29.4 Å². The minimum atomic E-state index is 0.459. The summed E-state index contributed by atoms with van der Waals surface area (Å²) in [7, 11) is 1.84. The predicted octanol–water partition coefficient (Wildman–Crippen LogP) is 2.97. The summed E-state index contributed by atoms with van der Waals surface area (Å²) in [6.45, 7) is 0. The van der Waals surface area contributed by atoms with Crippen LogP contribution in [0.3, 0.4) is 0 Å². The zero-order valence-electron chi connectivity index (χ0n) is 11.4. The number of aryl methyl sites for hydroxylation is 1. The molecule has 5 nitrogen and oxygen atoms in total. The summed E-state index contributed by atoms with van der Waals surface area (Å²) in [5.74, 6) is 0. The van der Waals surface area contributed by atoms with Crippen molar-refractivity contribution in [1.29, 1.82) is 0 Å². The van der Waals surface area contributed by atoms with Gasteiger partial charge in [-0.3, -0.25) is 4.68 Å². The lowest BCUT2D eigenvalue weighted by Gasteiger charge is -2.10. The van der Waals surface area contributed by atoms with Crippen LogP contribution < -0.4 is 11.5 Å². The molecule has 0 spiro atoms. The minimum absolute atomic E-state index is 0.459. The molecule has 0 amide bonds. The van der Waals surface area contributed by atoms with Crippen molar-refractivity contribution in [2.75, 3.05) is 11.5 Å². The molecule has 0 aliphatic carbocycles. The normalized spacial score (nSPS) is 10.8. The van der Waals surface area contributed by atoms with Crippen LogP contribution in [0.25, 0.3) is 22.5 Å². The number of aromatic nitrogens is 3. The first-order chi connectivity index (χ1) is 10.0. The molecule has 0 radical (unpaired) electrons. The summed E-state index contributed by atoms with van der Waals surface area (Å²) in [5, 5.41) is 4.82. The maximum absolute atomic E-state index is 6.05. The highest BCUT2D eigenvalue weighted by Gasteiger charge is 2.12. The Labute approximate surface area is 127 Å². The zero-order valence-corrected chi connectivity index (χ0v) is 12.2. The van der Waals surface area contributed by atoms with Gasteiger partial charge >= 0.3 is 0 Å². The lowest BCUT2D eigenvalue weighted by molar-refractivity contribution is 0.768. The highest BCUT2D eigenvalue weighted by atomic mass is 35.5. The number of benzene rings is 1. The third-order valence-corrected chi connectivity index (χ3v) is 3.46. The topological polar surface area (TPSA) is 82.8 Å². The summed E-state index contributed by atoms with van der Waals surface area (Å²) in [6.07, 6.45) is 3.56. The number of anilines is 2. The Morgan fingerprint density at radius 3 is 2.43 bits per heavy atom. The van der Waals surface area contributed by atoms with Gasteiger partial charge in [0.25, 0.3) is 0 Å². The van der Waals surface area contributed by atoms with Gasteiger partial charge in [-0.2, -0.15) is 5.10 Å². The van der Waals surface area contributed by atoms with Crippen molar-refractivity contribution in [2.24, 2.45) is 7.05 Å². The number of nitrogen functional groups attached to an aromatic ring is 2. The molecule has 4 N–H and O–H groups in total. The van der Waals surface area contributed by atoms with E-state index < -0.39 is 0 Å². The maximum atomic E-state index is 6.05. The number of rotatable bonds is 2. The molecule has 0 aliphatic heterocycles. The molecule has 0 saturated heterocycles. The molecule has 3 aromatic rings. The van der Waals surface area contributed by atoms with Crippen LogP contribution in [0.5, 0.6) is 0 Å². The molecule has 0 fully saturated rings. The molecular formula is C15H14ClN5. The second-order valence-corrected chi connectivity index (χ2v) is 5.21. The van der Waals surface area contributed by atoms with Gasteiger partial charge in [-0.1, -0.05) is 23.7 Å². The molecule has 0 saturated carbocycles. The summed E-state index contributed by atoms with van der Waals surface area (Å²) in [4.78, 5) is 4.62. The molecule has 2 aromatic heterocycles. The molecule has 0 bridgehead atoms. The van der Waals surface area contributed by atoms with E-state index in [0.29, 0.717) is 22.1 Å². The fourth-order valence-electron chi connectivity index (χ4n) is 2.11. The summed E-state index contributed by atoms with van der Waals surface area (Å²) < 4.78 is 1.70. The standard InChI is InChI=1S/C15H14ClN5/c1-21-8-10(7-19-21)15-14(18)12(17)6-13(20-15)9-2-4-11(16)5-3-9/h2-8H,18H2,1H3,(H2,17,20). The number of halogens is 1. The fourth-order valence-corrected chi connectivity index (χ4v) is 2.23. The Balaban J connectivity index is 2.15. The van der Waals surface area contributed by atoms with E-state index in [1.165, 1.54) is 0 Å². The van der Waals surface area contributed by atoms with Crippen molar-refractivity contribution < 1.29 is 0 Å². The second kappa shape index (κ2) is 5.10.